The summed E-state index contributed by atoms with van der Waals surface area (Å²) in [6.07, 6.45) is 3.17. The molecule has 0 radical (unpaired) electrons. The molecule has 0 aromatic heterocycles. The summed E-state index contributed by atoms with van der Waals surface area (Å²) in [5.74, 6) is -2.10. The van der Waals surface area contributed by atoms with Crippen molar-refractivity contribution in [2.75, 3.05) is 11.4 Å². The Morgan fingerprint density at radius 3 is 2.58 bits per heavy atom. The number of fused-ring (bicyclic) bond motifs is 4. The van der Waals surface area contributed by atoms with Gasteiger partial charge in [-0.3, -0.25) is 9.59 Å². The largest absolute Gasteiger partial charge is 0.422 e. The number of hydrogen-bond donors (Lipinski definition) is 0. The second kappa shape index (κ2) is 5.22. The lowest BCUT2D eigenvalue weighted by atomic mass is 9.68. The summed E-state index contributed by atoms with van der Waals surface area (Å²) in [5.41, 5.74) is 0.839. The van der Waals surface area contributed by atoms with Gasteiger partial charge in [-0.2, -0.15) is 0 Å². The molecule has 1 aromatic rings. The molecule has 128 valence electrons. The van der Waals surface area contributed by atoms with Gasteiger partial charge < -0.3 is 14.4 Å². The van der Waals surface area contributed by atoms with Gasteiger partial charge in [0.15, 0.2) is 5.41 Å². The van der Waals surface area contributed by atoms with E-state index in [0.717, 1.165) is 41.5 Å². The minimum Gasteiger partial charge on any atom is -0.422 e. The Morgan fingerprint density at radius 1 is 1.17 bits per heavy atom. The van der Waals surface area contributed by atoms with Crippen LogP contribution in [0.25, 0.3) is 0 Å². The topological polar surface area (TPSA) is 55.8 Å². The lowest BCUT2D eigenvalue weighted by molar-refractivity contribution is -0.253. The van der Waals surface area contributed by atoms with Crippen LogP contribution < -0.4 is 4.90 Å². The van der Waals surface area contributed by atoms with Crippen LogP contribution in [0.2, 0.25) is 0 Å². The number of hydrogen-bond acceptors (Lipinski definition) is 5. The molecule has 4 rings (SSSR count). The summed E-state index contributed by atoms with van der Waals surface area (Å²) in [5, 5.41) is 0. The number of halogens is 1. The average Bonchev–Trinajstić information content (AvgIpc) is 2.52. The van der Waals surface area contributed by atoms with Crippen LogP contribution in [0.5, 0.6) is 0 Å². The number of cyclic esters (lactones) is 2. The van der Waals surface area contributed by atoms with Gasteiger partial charge in [-0.1, -0.05) is 22.0 Å². The summed E-state index contributed by atoms with van der Waals surface area (Å²) >= 11 is 3.52. The molecule has 1 atom stereocenters. The first kappa shape index (κ1) is 15.9. The number of anilines is 1. The summed E-state index contributed by atoms with van der Waals surface area (Å²) < 4.78 is 12.0. The number of rotatable bonds is 0. The van der Waals surface area contributed by atoms with Crippen LogP contribution >= 0.6 is 15.9 Å². The lowest BCUT2D eigenvalue weighted by Gasteiger charge is -2.53. The van der Waals surface area contributed by atoms with Gasteiger partial charge in [-0.05, 0) is 37.0 Å². The number of carbonyl (C=O) groups is 2. The number of carbonyl (C=O) groups excluding carboxylic acids is 2. The van der Waals surface area contributed by atoms with E-state index in [2.05, 4.69) is 26.9 Å². The fraction of sp³-hybridized carbons (Fsp3) is 0.556. The molecule has 0 amide bonds. The monoisotopic (exact) mass is 393 g/mol. The van der Waals surface area contributed by atoms with E-state index in [1.54, 1.807) is 13.8 Å². The van der Waals surface area contributed by atoms with E-state index < -0.39 is 23.1 Å². The smallest absolute Gasteiger partial charge is 0.329 e. The zero-order valence-corrected chi connectivity index (χ0v) is 15.4. The van der Waals surface area contributed by atoms with E-state index in [-0.39, 0.29) is 6.04 Å². The molecule has 3 heterocycles. The second-order valence-corrected chi connectivity index (χ2v) is 8.22. The SMILES string of the molecule is CC1(C)OC(=O)C2(Cc3ccc(Br)cc3N3CCCCC32)C(=O)O1. The van der Waals surface area contributed by atoms with Crippen molar-refractivity contribution < 1.29 is 19.1 Å². The van der Waals surface area contributed by atoms with Crippen LogP contribution in [0.3, 0.4) is 0 Å². The predicted octanol–water partition coefficient (Wildman–Crippen LogP) is 3.19. The quantitative estimate of drug-likeness (QED) is 0.500. The van der Waals surface area contributed by atoms with Crippen molar-refractivity contribution in [2.45, 2.75) is 51.4 Å². The van der Waals surface area contributed by atoms with E-state index in [0.29, 0.717) is 6.42 Å². The second-order valence-electron chi connectivity index (χ2n) is 7.31. The Kier molecular flexibility index (Phi) is 3.46. The average molecular weight is 394 g/mol. The van der Waals surface area contributed by atoms with Gasteiger partial charge in [0.1, 0.15) is 0 Å². The number of piperidine rings is 1. The zero-order valence-electron chi connectivity index (χ0n) is 13.8. The standard InChI is InChI=1S/C18H20BrNO4/c1-17(2)23-15(21)18(16(22)24-17)10-11-6-7-12(19)9-13(11)20-8-4-3-5-14(18)20/h6-7,9,14H,3-5,8,10H2,1-2H3. The molecule has 0 aliphatic carbocycles. The van der Waals surface area contributed by atoms with Crippen molar-refractivity contribution in [3.05, 3.63) is 28.2 Å². The molecule has 24 heavy (non-hydrogen) atoms. The summed E-state index contributed by atoms with van der Waals surface area (Å²) in [7, 11) is 0. The number of esters is 2. The number of nitrogens with zero attached hydrogens (tertiary/aromatic N) is 1. The third-order valence-electron chi connectivity index (χ3n) is 5.30. The first-order valence-electron chi connectivity index (χ1n) is 8.35. The fourth-order valence-corrected chi connectivity index (χ4v) is 4.60. The Labute approximate surface area is 149 Å². The third-order valence-corrected chi connectivity index (χ3v) is 5.80. The van der Waals surface area contributed by atoms with E-state index >= 15 is 0 Å². The summed E-state index contributed by atoms with van der Waals surface area (Å²) in [6, 6.07) is 5.79. The molecule has 2 saturated heterocycles. The van der Waals surface area contributed by atoms with Crippen LogP contribution in [0.4, 0.5) is 5.69 Å². The van der Waals surface area contributed by atoms with Gasteiger partial charge in [0.05, 0.1) is 6.04 Å². The molecule has 3 aliphatic rings. The van der Waals surface area contributed by atoms with Crippen molar-refractivity contribution in [3.8, 4) is 0 Å². The molecule has 5 nitrogen and oxygen atoms in total. The fourth-order valence-electron chi connectivity index (χ4n) is 4.25. The van der Waals surface area contributed by atoms with Crippen LogP contribution in [0.1, 0.15) is 38.7 Å². The molecule has 0 bridgehead atoms. The third kappa shape index (κ3) is 2.19. The molecule has 0 N–H and O–H groups in total. The molecular weight excluding hydrogens is 374 g/mol. The van der Waals surface area contributed by atoms with Gasteiger partial charge in [0.2, 0.25) is 0 Å². The van der Waals surface area contributed by atoms with Crippen LogP contribution in [-0.4, -0.2) is 30.3 Å². The molecule has 6 heteroatoms. The molecule has 0 saturated carbocycles. The Bertz CT molecular complexity index is 710. The Balaban J connectivity index is 1.86. The van der Waals surface area contributed by atoms with Gasteiger partial charge in [-0.25, -0.2) is 0 Å². The van der Waals surface area contributed by atoms with E-state index in [4.69, 9.17) is 9.47 Å². The van der Waals surface area contributed by atoms with Crippen molar-refractivity contribution in [1.29, 1.82) is 0 Å². The van der Waals surface area contributed by atoms with Gasteiger partial charge in [0, 0.05) is 37.0 Å². The Hall–Kier alpha value is -1.56. The lowest BCUT2D eigenvalue weighted by Crippen LogP contribution is -2.66. The van der Waals surface area contributed by atoms with Crippen molar-refractivity contribution in [1.82, 2.24) is 0 Å². The number of benzene rings is 1. The van der Waals surface area contributed by atoms with Crippen LogP contribution in [0.15, 0.2) is 22.7 Å². The van der Waals surface area contributed by atoms with Crippen LogP contribution in [0, 0.1) is 5.41 Å². The molecule has 1 unspecified atom stereocenters. The van der Waals surface area contributed by atoms with E-state index in [1.807, 2.05) is 12.1 Å². The van der Waals surface area contributed by atoms with Gasteiger partial charge in [-0.15, -0.1) is 0 Å². The summed E-state index contributed by atoms with van der Waals surface area (Å²) in [4.78, 5) is 28.1. The molecule has 3 aliphatic heterocycles. The Morgan fingerprint density at radius 2 is 1.88 bits per heavy atom. The molecule has 1 spiro atoms. The van der Waals surface area contributed by atoms with E-state index in [9.17, 15) is 9.59 Å². The molecule has 1 aromatic carbocycles. The molecule has 2 fully saturated rings. The maximum Gasteiger partial charge on any atom is 0.329 e. The highest BCUT2D eigenvalue weighted by Gasteiger charge is 2.64. The van der Waals surface area contributed by atoms with Gasteiger partial charge >= 0.3 is 11.9 Å². The number of ether oxygens (including phenoxy) is 2. The van der Waals surface area contributed by atoms with Gasteiger partial charge in [0.25, 0.3) is 5.79 Å². The first-order valence-corrected chi connectivity index (χ1v) is 9.15. The minimum absolute atomic E-state index is 0.204. The molecular formula is C18H20BrNO4. The van der Waals surface area contributed by atoms with E-state index in [1.165, 1.54) is 0 Å². The van der Waals surface area contributed by atoms with Crippen LogP contribution in [-0.2, 0) is 25.5 Å². The van der Waals surface area contributed by atoms with Crippen molar-refractivity contribution >= 4 is 33.6 Å². The zero-order chi connectivity index (χ0) is 17.1. The highest BCUT2D eigenvalue weighted by atomic mass is 79.9. The highest BCUT2D eigenvalue weighted by molar-refractivity contribution is 9.10. The summed E-state index contributed by atoms with van der Waals surface area (Å²) in [6.45, 7) is 4.03. The van der Waals surface area contributed by atoms with Crippen molar-refractivity contribution in [3.63, 3.8) is 0 Å². The maximum atomic E-state index is 13.0. The maximum absolute atomic E-state index is 13.0. The predicted molar refractivity (Wildman–Crippen MR) is 91.5 cm³/mol. The van der Waals surface area contributed by atoms with Crippen molar-refractivity contribution in [2.24, 2.45) is 5.41 Å². The normalized spacial score (nSPS) is 27.1. The first-order chi connectivity index (χ1) is 11.3. The highest BCUT2D eigenvalue weighted by Crippen LogP contribution is 2.49. The minimum atomic E-state index is -1.25.